The lowest BCUT2D eigenvalue weighted by atomic mass is 10.1. The molecule has 0 aromatic heterocycles. The van der Waals surface area contributed by atoms with Crippen LogP contribution >= 0.6 is 0 Å². The van der Waals surface area contributed by atoms with Crippen LogP contribution < -0.4 is 0 Å². The van der Waals surface area contributed by atoms with E-state index in [0.717, 1.165) is 12.8 Å². The first kappa shape index (κ1) is 24.2. The molecule has 0 N–H and O–H groups in total. The number of hydrogen-bond acceptors (Lipinski definition) is 0. The molecule has 0 nitrogen and oxygen atoms in total. The zero-order valence-electron chi connectivity index (χ0n) is 17.5. The molecule has 0 bridgehead atoms. The van der Waals surface area contributed by atoms with Crippen molar-refractivity contribution in [3.05, 3.63) is 36.5 Å². The van der Waals surface area contributed by atoms with Gasteiger partial charge in [0.05, 0.1) is 0 Å². The highest BCUT2D eigenvalue weighted by Gasteiger charge is 1.91. The van der Waals surface area contributed by atoms with Gasteiger partial charge in [0.1, 0.15) is 0 Å². The van der Waals surface area contributed by atoms with Crippen molar-refractivity contribution in [1.82, 2.24) is 0 Å². The molecule has 146 valence electrons. The first-order valence-corrected chi connectivity index (χ1v) is 11.4. The summed E-state index contributed by atoms with van der Waals surface area (Å²) >= 11 is 0. The van der Waals surface area contributed by atoms with Crippen LogP contribution in [0.5, 0.6) is 0 Å². The summed E-state index contributed by atoms with van der Waals surface area (Å²) in [6.07, 6.45) is 36.9. The zero-order valence-corrected chi connectivity index (χ0v) is 17.5. The Balaban J connectivity index is 3.21. The van der Waals surface area contributed by atoms with Crippen LogP contribution in [0.4, 0.5) is 0 Å². The van der Waals surface area contributed by atoms with Gasteiger partial charge in [-0.3, -0.25) is 0 Å². The fourth-order valence-electron chi connectivity index (χ4n) is 3.04. The molecule has 25 heavy (non-hydrogen) atoms. The minimum Gasteiger partial charge on any atom is -0.0882 e. The van der Waals surface area contributed by atoms with E-state index >= 15 is 0 Å². The normalized spacial score (nSPS) is 12.2. The molecule has 0 radical (unpaired) electrons. The Hall–Kier alpha value is -0.780. The van der Waals surface area contributed by atoms with Gasteiger partial charge < -0.3 is 0 Å². The lowest BCUT2D eigenvalue weighted by Gasteiger charge is -2.01. The van der Waals surface area contributed by atoms with E-state index in [2.05, 4.69) is 50.3 Å². The second kappa shape index (κ2) is 23.2. The first-order chi connectivity index (χ1) is 12.4. The van der Waals surface area contributed by atoms with Gasteiger partial charge >= 0.3 is 0 Å². The highest BCUT2D eigenvalue weighted by molar-refractivity contribution is 4.97. The van der Waals surface area contributed by atoms with Crippen LogP contribution in [0.25, 0.3) is 0 Å². The van der Waals surface area contributed by atoms with E-state index in [1.54, 1.807) is 0 Å². The smallest absolute Gasteiger partial charge is 0.0169 e. The molecule has 0 aliphatic heterocycles. The number of hydrogen-bond donors (Lipinski definition) is 0. The standard InChI is InChI=1S/C25H46/c1-3-5-7-9-11-13-15-17-19-21-23-25-24-22-20-18-16-14-12-10-8-6-4-2/h11,13,17,19,23,25H,3-10,12,14-16,18,20-22,24H2,1-2H3. The van der Waals surface area contributed by atoms with Gasteiger partial charge in [0.15, 0.2) is 0 Å². The minimum atomic E-state index is 1.10. The predicted octanol–water partition coefficient (Wildman–Crippen LogP) is 9.33. The maximum atomic E-state index is 2.37. The maximum absolute atomic E-state index is 2.37. The monoisotopic (exact) mass is 346 g/mol. The molecule has 0 saturated carbocycles. The second-order valence-electron chi connectivity index (χ2n) is 7.35. The molecule has 0 aromatic rings. The molecule has 0 unspecified atom stereocenters. The Labute approximate surface area is 159 Å². The van der Waals surface area contributed by atoms with E-state index in [-0.39, 0.29) is 0 Å². The summed E-state index contributed by atoms with van der Waals surface area (Å²) in [5, 5.41) is 0. The zero-order chi connectivity index (χ0) is 18.3. The van der Waals surface area contributed by atoms with Gasteiger partial charge in [-0.2, -0.15) is 0 Å². The van der Waals surface area contributed by atoms with E-state index in [0.29, 0.717) is 0 Å². The summed E-state index contributed by atoms with van der Waals surface area (Å²) in [4.78, 5) is 0. The molecule has 0 fully saturated rings. The van der Waals surface area contributed by atoms with E-state index in [1.165, 1.54) is 96.3 Å². The van der Waals surface area contributed by atoms with Crippen molar-refractivity contribution in [2.75, 3.05) is 0 Å². The largest absolute Gasteiger partial charge is 0.0882 e. The molecule has 0 aliphatic rings. The third-order valence-electron chi connectivity index (χ3n) is 4.74. The van der Waals surface area contributed by atoms with Crippen molar-refractivity contribution in [1.29, 1.82) is 0 Å². The van der Waals surface area contributed by atoms with E-state index in [1.807, 2.05) is 0 Å². The third kappa shape index (κ3) is 23.2. The molecule has 0 spiro atoms. The Morgan fingerprint density at radius 3 is 1.16 bits per heavy atom. The number of unbranched alkanes of at least 4 members (excludes halogenated alkanes) is 13. The molecular formula is C25H46. The fraction of sp³-hybridized carbons (Fsp3) is 0.760. The summed E-state index contributed by atoms with van der Waals surface area (Å²) in [5.74, 6) is 0. The van der Waals surface area contributed by atoms with Crippen molar-refractivity contribution < 1.29 is 0 Å². The van der Waals surface area contributed by atoms with E-state index < -0.39 is 0 Å². The topological polar surface area (TPSA) is 0 Å². The number of allylic oxidation sites excluding steroid dienone is 6. The average molecular weight is 347 g/mol. The maximum Gasteiger partial charge on any atom is -0.0169 e. The van der Waals surface area contributed by atoms with Crippen molar-refractivity contribution in [2.24, 2.45) is 0 Å². The highest BCUT2D eigenvalue weighted by Crippen LogP contribution is 2.11. The van der Waals surface area contributed by atoms with Gasteiger partial charge in [-0.05, 0) is 38.5 Å². The summed E-state index contributed by atoms with van der Waals surface area (Å²) in [5.41, 5.74) is 0. The molecule has 0 aromatic carbocycles. The van der Waals surface area contributed by atoms with Crippen LogP contribution in [0.2, 0.25) is 0 Å². The van der Waals surface area contributed by atoms with Gasteiger partial charge in [0.2, 0.25) is 0 Å². The predicted molar refractivity (Wildman–Crippen MR) is 117 cm³/mol. The highest BCUT2D eigenvalue weighted by atomic mass is 14.0. The Morgan fingerprint density at radius 1 is 0.360 bits per heavy atom. The van der Waals surface area contributed by atoms with Crippen LogP contribution in [0.3, 0.4) is 0 Å². The minimum absolute atomic E-state index is 1.10. The van der Waals surface area contributed by atoms with Crippen molar-refractivity contribution in [3.8, 4) is 0 Å². The van der Waals surface area contributed by atoms with Gasteiger partial charge in [-0.25, -0.2) is 0 Å². The van der Waals surface area contributed by atoms with Crippen LogP contribution in [0.15, 0.2) is 36.5 Å². The summed E-state index contributed by atoms with van der Waals surface area (Å²) in [6, 6.07) is 0. The molecule has 0 rings (SSSR count). The summed E-state index contributed by atoms with van der Waals surface area (Å²) in [7, 11) is 0. The van der Waals surface area contributed by atoms with Gasteiger partial charge in [0.25, 0.3) is 0 Å². The molecule has 0 heteroatoms. The van der Waals surface area contributed by atoms with Crippen LogP contribution in [-0.2, 0) is 0 Å². The van der Waals surface area contributed by atoms with Crippen LogP contribution in [0, 0.1) is 0 Å². The van der Waals surface area contributed by atoms with Crippen LogP contribution in [0.1, 0.15) is 123 Å². The summed E-state index contributed by atoms with van der Waals surface area (Å²) in [6.45, 7) is 4.55. The third-order valence-corrected chi connectivity index (χ3v) is 4.74. The molecular weight excluding hydrogens is 300 g/mol. The lowest BCUT2D eigenvalue weighted by molar-refractivity contribution is 0.557. The Kier molecular flexibility index (Phi) is 22.5. The fourth-order valence-corrected chi connectivity index (χ4v) is 3.04. The second-order valence-corrected chi connectivity index (χ2v) is 7.35. The van der Waals surface area contributed by atoms with Crippen molar-refractivity contribution >= 4 is 0 Å². The first-order valence-electron chi connectivity index (χ1n) is 11.4. The molecule has 0 aliphatic carbocycles. The van der Waals surface area contributed by atoms with Gasteiger partial charge in [-0.1, -0.05) is 121 Å². The molecule has 0 heterocycles. The Morgan fingerprint density at radius 2 is 0.680 bits per heavy atom. The van der Waals surface area contributed by atoms with Gasteiger partial charge in [-0.15, -0.1) is 0 Å². The quantitative estimate of drug-likeness (QED) is 0.161. The van der Waals surface area contributed by atoms with Crippen molar-refractivity contribution in [2.45, 2.75) is 123 Å². The van der Waals surface area contributed by atoms with Gasteiger partial charge in [0, 0.05) is 0 Å². The van der Waals surface area contributed by atoms with E-state index in [4.69, 9.17) is 0 Å². The van der Waals surface area contributed by atoms with Crippen LogP contribution in [-0.4, -0.2) is 0 Å². The number of rotatable bonds is 19. The average Bonchev–Trinajstić information content (AvgIpc) is 2.63. The van der Waals surface area contributed by atoms with E-state index in [9.17, 15) is 0 Å². The SMILES string of the molecule is CCCCCC=CCC=CCC=CCCCCCCCCCCCC. The molecule has 0 amide bonds. The molecule has 0 saturated heterocycles. The molecule has 0 atom stereocenters. The van der Waals surface area contributed by atoms with Crippen molar-refractivity contribution in [3.63, 3.8) is 0 Å². The summed E-state index contributed by atoms with van der Waals surface area (Å²) < 4.78 is 0. The Bertz CT molecular complexity index is 308. The lowest BCUT2D eigenvalue weighted by Crippen LogP contribution is -1.81.